The molecule has 0 aromatic carbocycles. The van der Waals surface area contributed by atoms with E-state index < -0.39 is 0 Å². The fourth-order valence-corrected chi connectivity index (χ4v) is 2.01. The predicted molar refractivity (Wildman–Crippen MR) is 59.1 cm³/mol. The van der Waals surface area contributed by atoms with Crippen molar-refractivity contribution in [2.45, 2.75) is 18.7 Å². The third kappa shape index (κ3) is 2.68. The van der Waals surface area contributed by atoms with Gasteiger partial charge < -0.3 is 4.42 Å². The molecule has 0 aliphatic rings. The van der Waals surface area contributed by atoms with E-state index >= 15 is 0 Å². The molecule has 0 spiro atoms. The fraction of sp³-hybridized carbons (Fsp3) is 0.200. The smallest absolute Gasteiger partial charge is 0.195 e. The van der Waals surface area contributed by atoms with Gasteiger partial charge in [0.1, 0.15) is 5.76 Å². The van der Waals surface area contributed by atoms with E-state index in [0.29, 0.717) is 5.22 Å². The third-order valence-electron chi connectivity index (χ3n) is 1.34. The van der Waals surface area contributed by atoms with Gasteiger partial charge in [0.15, 0.2) is 5.22 Å². The number of allylic oxidation sites excluding steroid dienone is 2. The summed E-state index contributed by atoms with van der Waals surface area (Å²) < 4.78 is 5.28. The summed E-state index contributed by atoms with van der Waals surface area (Å²) in [6.45, 7) is 11.4. The number of hydrogen-bond acceptors (Lipinski definition) is 2. The lowest BCUT2D eigenvalue weighted by molar-refractivity contribution is 0.549. The molecule has 0 saturated heterocycles. The molecule has 0 aliphatic heterocycles. The van der Waals surface area contributed by atoms with Crippen LogP contribution in [-0.4, -0.2) is 0 Å². The van der Waals surface area contributed by atoms with Crippen LogP contribution in [0.1, 0.15) is 19.6 Å². The highest BCUT2D eigenvalue weighted by molar-refractivity contribution is 8.03. The second-order valence-corrected chi connectivity index (χ2v) is 4.54. The summed E-state index contributed by atoms with van der Waals surface area (Å²) >= 11 is 7.28. The first-order chi connectivity index (χ1) is 6.00. The molecule has 0 unspecified atom stereocenters. The normalized spacial score (nSPS) is 10.1. The van der Waals surface area contributed by atoms with E-state index in [-0.39, 0.29) is 0 Å². The SMILES string of the molecule is C=C(C)Sc1cc(Cl)oc1C(=C)C. The Morgan fingerprint density at radius 1 is 1.46 bits per heavy atom. The van der Waals surface area contributed by atoms with Gasteiger partial charge in [0.05, 0.1) is 4.90 Å². The monoisotopic (exact) mass is 214 g/mol. The van der Waals surface area contributed by atoms with E-state index in [1.807, 2.05) is 13.8 Å². The Bertz CT molecular complexity index is 352. The Morgan fingerprint density at radius 3 is 2.54 bits per heavy atom. The molecule has 1 heterocycles. The van der Waals surface area contributed by atoms with Crippen LogP contribution in [0.25, 0.3) is 5.57 Å². The number of hydrogen-bond donors (Lipinski definition) is 0. The minimum absolute atomic E-state index is 0.391. The van der Waals surface area contributed by atoms with E-state index in [1.54, 1.807) is 17.8 Å². The van der Waals surface area contributed by atoms with Crippen molar-refractivity contribution in [3.05, 3.63) is 35.1 Å². The van der Waals surface area contributed by atoms with Crippen LogP contribution >= 0.6 is 23.4 Å². The van der Waals surface area contributed by atoms with Gasteiger partial charge in [-0.05, 0) is 35.9 Å². The molecule has 1 aromatic heterocycles. The van der Waals surface area contributed by atoms with Gasteiger partial charge in [-0.2, -0.15) is 0 Å². The van der Waals surface area contributed by atoms with Crippen molar-refractivity contribution in [1.82, 2.24) is 0 Å². The van der Waals surface area contributed by atoms with E-state index in [4.69, 9.17) is 16.0 Å². The molecule has 3 heteroatoms. The van der Waals surface area contributed by atoms with Crippen LogP contribution in [0, 0.1) is 0 Å². The van der Waals surface area contributed by atoms with E-state index in [0.717, 1.165) is 21.1 Å². The highest BCUT2D eigenvalue weighted by Crippen LogP contribution is 2.35. The minimum atomic E-state index is 0.391. The molecule has 0 fully saturated rings. The Morgan fingerprint density at radius 2 is 2.08 bits per heavy atom. The van der Waals surface area contributed by atoms with Crippen molar-refractivity contribution in [1.29, 1.82) is 0 Å². The largest absolute Gasteiger partial charge is 0.444 e. The molecular formula is C10H11ClOS. The maximum Gasteiger partial charge on any atom is 0.195 e. The number of thioether (sulfide) groups is 1. The topological polar surface area (TPSA) is 13.1 Å². The van der Waals surface area contributed by atoms with E-state index in [2.05, 4.69) is 13.2 Å². The number of halogens is 1. The highest BCUT2D eigenvalue weighted by Gasteiger charge is 2.10. The zero-order chi connectivity index (χ0) is 10.0. The molecule has 1 nitrogen and oxygen atoms in total. The van der Waals surface area contributed by atoms with Crippen LogP contribution in [0.3, 0.4) is 0 Å². The molecule has 70 valence electrons. The van der Waals surface area contributed by atoms with Gasteiger partial charge >= 0.3 is 0 Å². The second-order valence-electron chi connectivity index (χ2n) is 2.83. The van der Waals surface area contributed by atoms with Crippen LogP contribution in [-0.2, 0) is 0 Å². The first-order valence-corrected chi connectivity index (χ1v) is 4.98. The lowest BCUT2D eigenvalue weighted by Crippen LogP contribution is -1.75. The van der Waals surface area contributed by atoms with E-state index in [9.17, 15) is 0 Å². The van der Waals surface area contributed by atoms with Crippen LogP contribution in [0.15, 0.2) is 33.4 Å². The first kappa shape index (κ1) is 10.5. The van der Waals surface area contributed by atoms with Gasteiger partial charge in [-0.1, -0.05) is 24.9 Å². The lowest BCUT2D eigenvalue weighted by Gasteiger charge is -1.99. The zero-order valence-electron chi connectivity index (χ0n) is 7.69. The zero-order valence-corrected chi connectivity index (χ0v) is 9.26. The van der Waals surface area contributed by atoms with Gasteiger partial charge in [0.2, 0.25) is 0 Å². The molecule has 0 atom stereocenters. The molecule has 13 heavy (non-hydrogen) atoms. The summed E-state index contributed by atoms with van der Waals surface area (Å²) in [6.07, 6.45) is 0. The quantitative estimate of drug-likeness (QED) is 0.683. The maximum atomic E-state index is 5.74. The average molecular weight is 215 g/mol. The van der Waals surface area contributed by atoms with Crippen molar-refractivity contribution in [3.8, 4) is 0 Å². The molecule has 1 aromatic rings. The molecular weight excluding hydrogens is 204 g/mol. The summed E-state index contributed by atoms with van der Waals surface area (Å²) in [6, 6.07) is 1.78. The summed E-state index contributed by atoms with van der Waals surface area (Å²) in [5.41, 5.74) is 0.871. The Labute approximate surface area is 87.5 Å². The number of furan rings is 1. The van der Waals surface area contributed by atoms with Crippen molar-refractivity contribution < 1.29 is 4.42 Å². The molecule has 0 aliphatic carbocycles. The average Bonchev–Trinajstić information content (AvgIpc) is 2.29. The predicted octanol–water partition coefficient (Wildman–Crippen LogP) is 4.59. The molecule has 0 amide bonds. The van der Waals surface area contributed by atoms with Crippen LogP contribution < -0.4 is 0 Å². The lowest BCUT2D eigenvalue weighted by atomic mass is 10.3. The highest BCUT2D eigenvalue weighted by atomic mass is 35.5. The van der Waals surface area contributed by atoms with Crippen molar-refractivity contribution in [3.63, 3.8) is 0 Å². The molecule has 1 rings (SSSR count). The summed E-state index contributed by atoms with van der Waals surface area (Å²) in [5.74, 6) is 0.748. The molecule has 0 saturated carbocycles. The van der Waals surface area contributed by atoms with Gasteiger partial charge in [0, 0.05) is 6.07 Å². The van der Waals surface area contributed by atoms with Crippen LogP contribution in [0.2, 0.25) is 5.22 Å². The number of rotatable bonds is 3. The Hall–Kier alpha value is -0.600. The minimum Gasteiger partial charge on any atom is -0.444 e. The standard InChI is InChI=1S/C10H11ClOS/c1-6(2)10-8(13-7(3)4)5-9(11)12-10/h5H,1,3H2,2,4H3. The van der Waals surface area contributed by atoms with Gasteiger partial charge in [-0.3, -0.25) is 0 Å². The maximum absolute atomic E-state index is 5.74. The first-order valence-electron chi connectivity index (χ1n) is 3.79. The molecule has 0 N–H and O–H groups in total. The van der Waals surface area contributed by atoms with Gasteiger partial charge in [-0.25, -0.2) is 0 Å². The summed E-state index contributed by atoms with van der Waals surface area (Å²) in [5, 5.41) is 0.391. The van der Waals surface area contributed by atoms with Gasteiger partial charge in [-0.15, -0.1) is 0 Å². The Kier molecular flexibility index (Phi) is 3.28. The van der Waals surface area contributed by atoms with Crippen molar-refractivity contribution in [2.24, 2.45) is 0 Å². The molecule has 0 bridgehead atoms. The van der Waals surface area contributed by atoms with Crippen LogP contribution in [0.5, 0.6) is 0 Å². The van der Waals surface area contributed by atoms with Crippen molar-refractivity contribution in [2.75, 3.05) is 0 Å². The van der Waals surface area contributed by atoms with Crippen molar-refractivity contribution >= 4 is 28.9 Å². The fourth-order valence-electron chi connectivity index (χ4n) is 0.907. The third-order valence-corrected chi connectivity index (χ3v) is 2.40. The summed E-state index contributed by atoms with van der Waals surface area (Å²) in [4.78, 5) is 1.98. The van der Waals surface area contributed by atoms with Gasteiger partial charge in [0.25, 0.3) is 0 Å². The van der Waals surface area contributed by atoms with Crippen LogP contribution in [0.4, 0.5) is 0 Å². The molecule has 0 radical (unpaired) electrons. The summed E-state index contributed by atoms with van der Waals surface area (Å²) in [7, 11) is 0. The second kappa shape index (κ2) is 4.07. The van der Waals surface area contributed by atoms with E-state index in [1.165, 1.54) is 0 Å². The Balaban J connectivity index is 3.04.